The number of halogens is 1. The van der Waals surface area contributed by atoms with Crippen LogP contribution in [0.4, 0.5) is 4.39 Å². The van der Waals surface area contributed by atoms with Crippen LogP contribution in [0.5, 0.6) is 5.75 Å². The van der Waals surface area contributed by atoms with Gasteiger partial charge in [0.1, 0.15) is 5.82 Å². The number of aryl methyl sites for hydroxylation is 1. The van der Waals surface area contributed by atoms with Gasteiger partial charge in [0.15, 0.2) is 5.75 Å². The van der Waals surface area contributed by atoms with Gasteiger partial charge in [-0.1, -0.05) is 0 Å². The molecule has 1 heterocycles. The van der Waals surface area contributed by atoms with Crippen molar-refractivity contribution < 1.29 is 19.0 Å². The Morgan fingerprint density at radius 2 is 2.22 bits per heavy atom. The summed E-state index contributed by atoms with van der Waals surface area (Å²) in [7, 11) is 1.37. The van der Waals surface area contributed by atoms with Crippen LogP contribution in [-0.4, -0.2) is 28.0 Å². The number of nitrogens with zero attached hydrogens (tertiary/aromatic N) is 2. The molecule has 0 aliphatic rings. The minimum Gasteiger partial charge on any atom is -0.493 e. The van der Waals surface area contributed by atoms with Gasteiger partial charge in [-0.15, -0.1) is 0 Å². The van der Waals surface area contributed by atoms with E-state index in [-0.39, 0.29) is 17.3 Å². The van der Waals surface area contributed by atoms with Crippen molar-refractivity contribution in [2.45, 2.75) is 6.92 Å². The monoisotopic (exact) mass is 250 g/mol. The normalized spacial score (nSPS) is 10.4. The molecule has 1 aromatic heterocycles. The van der Waals surface area contributed by atoms with E-state index in [1.54, 1.807) is 6.92 Å². The van der Waals surface area contributed by atoms with E-state index >= 15 is 0 Å². The molecule has 0 unspecified atom stereocenters. The van der Waals surface area contributed by atoms with E-state index in [2.05, 4.69) is 5.10 Å². The smallest absolute Gasteiger partial charge is 0.360 e. The first-order chi connectivity index (χ1) is 8.52. The Morgan fingerprint density at radius 3 is 2.72 bits per heavy atom. The number of hydrogen-bond donors (Lipinski definition) is 1. The summed E-state index contributed by atoms with van der Waals surface area (Å²) in [5, 5.41) is 12.9. The van der Waals surface area contributed by atoms with Gasteiger partial charge < -0.3 is 9.84 Å². The van der Waals surface area contributed by atoms with Gasteiger partial charge in [-0.25, -0.2) is 13.9 Å². The lowest BCUT2D eigenvalue weighted by molar-refractivity contribution is 0.0686. The highest BCUT2D eigenvalue weighted by molar-refractivity contribution is 5.88. The number of aromatic carboxylic acids is 1. The van der Waals surface area contributed by atoms with Crippen molar-refractivity contribution in [1.29, 1.82) is 0 Å². The summed E-state index contributed by atoms with van der Waals surface area (Å²) in [6, 6.07) is 4.17. The van der Waals surface area contributed by atoms with Gasteiger partial charge in [0.05, 0.1) is 19.0 Å². The molecule has 0 aliphatic carbocycles. The molecule has 0 atom stereocenters. The summed E-state index contributed by atoms with van der Waals surface area (Å²) < 4.78 is 19.3. The van der Waals surface area contributed by atoms with Gasteiger partial charge in [0, 0.05) is 0 Å². The van der Waals surface area contributed by atoms with E-state index in [0.717, 1.165) is 0 Å². The number of methoxy groups -OCH3 is 1. The second kappa shape index (κ2) is 4.48. The van der Waals surface area contributed by atoms with Crippen molar-refractivity contribution in [1.82, 2.24) is 9.78 Å². The Balaban J connectivity index is 2.54. The number of hydrogen-bond acceptors (Lipinski definition) is 3. The van der Waals surface area contributed by atoms with Crippen LogP contribution < -0.4 is 4.74 Å². The largest absolute Gasteiger partial charge is 0.493 e. The first-order valence-corrected chi connectivity index (χ1v) is 5.16. The van der Waals surface area contributed by atoms with E-state index in [1.165, 1.54) is 36.2 Å². The zero-order chi connectivity index (χ0) is 13.3. The molecule has 1 aromatic carbocycles. The minimum atomic E-state index is -1.18. The lowest BCUT2D eigenvalue weighted by Gasteiger charge is -2.04. The Labute approximate surface area is 102 Å². The average Bonchev–Trinajstić information content (AvgIpc) is 2.73. The highest BCUT2D eigenvalue weighted by Gasteiger charge is 2.17. The first-order valence-electron chi connectivity index (χ1n) is 5.16. The highest BCUT2D eigenvalue weighted by atomic mass is 19.1. The third-order valence-corrected chi connectivity index (χ3v) is 2.51. The molecule has 0 aliphatic heterocycles. The fourth-order valence-corrected chi connectivity index (χ4v) is 1.65. The maximum absolute atomic E-state index is 13.0. The number of carboxylic acids is 1. The number of carboxylic acid groups (broad SMARTS) is 1. The standard InChI is InChI=1S/C12H11FN2O3/c1-7-5-8(13)3-4-9(7)15-6-10(18-2)11(14-15)12(16)17/h3-6H,1-2H3,(H,16,17). The van der Waals surface area contributed by atoms with Gasteiger partial charge in [-0.05, 0) is 30.7 Å². The Hall–Kier alpha value is -2.37. The molecule has 6 heteroatoms. The summed E-state index contributed by atoms with van der Waals surface area (Å²) in [5.74, 6) is -1.37. The van der Waals surface area contributed by atoms with Crippen molar-refractivity contribution in [3.8, 4) is 11.4 Å². The lowest BCUT2D eigenvalue weighted by Crippen LogP contribution is -2.03. The topological polar surface area (TPSA) is 64.4 Å². The number of rotatable bonds is 3. The molecule has 0 fully saturated rings. The van der Waals surface area contributed by atoms with Crippen LogP contribution in [0.15, 0.2) is 24.4 Å². The summed E-state index contributed by atoms with van der Waals surface area (Å²) in [6.45, 7) is 1.72. The summed E-state index contributed by atoms with van der Waals surface area (Å²) in [6.07, 6.45) is 1.45. The second-order valence-electron chi connectivity index (χ2n) is 3.73. The molecule has 2 rings (SSSR count). The molecule has 0 bridgehead atoms. The molecule has 1 N–H and O–H groups in total. The Morgan fingerprint density at radius 1 is 1.50 bits per heavy atom. The van der Waals surface area contributed by atoms with Gasteiger partial charge in [0.25, 0.3) is 0 Å². The molecular weight excluding hydrogens is 239 g/mol. The third-order valence-electron chi connectivity index (χ3n) is 2.51. The fraction of sp³-hybridized carbons (Fsp3) is 0.167. The maximum Gasteiger partial charge on any atom is 0.360 e. The Bertz CT molecular complexity index is 607. The highest BCUT2D eigenvalue weighted by Crippen LogP contribution is 2.21. The van der Waals surface area contributed by atoms with Crippen molar-refractivity contribution in [3.05, 3.63) is 41.5 Å². The van der Waals surface area contributed by atoms with Gasteiger partial charge in [0.2, 0.25) is 5.69 Å². The minimum absolute atomic E-state index is 0.159. The van der Waals surface area contributed by atoms with Crippen molar-refractivity contribution >= 4 is 5.97 Å². The predicted octanol–water partition coefficient (Wildman–Crippen LogP) is 2.03. The molecular formula is C12H11FN2O3. The summed E-state index contributed by atoms with van der Waals surface area (Å²) >= 11 is 0. The van der Waals surface area contributed by atoms with Crippen molar-refractivity contribution in [3.63, 3.8) is 0 Å². The lowest BCUT2D eigenvalue weighted by atomic mass is 10.2. The number of benzene rings is 1. The molecule has 18 heavy (non-hydrogen) atoms. The van der Waals surface area contributed by atoms with Gasteiger partial charge in [-0.3, -0.25) is 0 Å². The van der Waals surface area contributed by atoms with Crippen molar-refractivity contribution in [2.75, 3.05) is 7.11 Å². The average molecular weight is 250 g/mol. The van der Waals surface area contributed by atoms with E-state index in [4.69, 9.17) is 9.84 Å². The molecule has 5 nitrogen and oxygen atoms in total. The van der Waals surface area contributed by atoms with Crippen molar-refractivity contribution in [2.24, 2.45) is 0 Å². The SMILES string of the molecule is COc1cn(-c2ccc(F)cc2C)nc1C(=O)O. The molecule has 0 spiro atoms. The van der Waals surface area contributed by atoms with E-state index < -0.39 is 5.97 Å². The molecule has 94 valence electrons. The molecule has 0 saturated carbocycles. The molecule has 0 radical (unpaired) electrons. The molecule has 2 aromatic rings. The predicted molar refractivity (Wildman–Crippen MR) is 61.8 cm³/mol. The van der Waals surface area contributed by atoms with E-state index in [1.807, 2.05) is 0 Å². The first kappa shape index (κ1) is 12.1. The molecule has 0 saturated heterocycles. The number of carbonyl (C=O) groups is 1. The summed E-state index contributed by atoms with van der Waals surface area (Å²) in [4.78, 5) is 10.9. The zero-order valence-corrected chi connectivity index (χ0v) is 9.85. The van der Waals surface area contributed by atoms with E-state index in [9.17, 15) is 9.18 Å². The van der Waals surface area contributed by atoms with Crippen LogP contribution in [0.1, 0.15) is 16.1 Å². The van der Waals surface area contributed by atoms with Crippen LogP contribution in [0, 0.1) is 12.7 Å². The van der Waals surface area contributed by atoms with Crippen LogP contribution in [0.3, 0.4) is 0 Å². The Kier molecular flexibility index (Phi) is 3.01. The van der Waals surface area contributed by atoms with Crippen LogP contribution in [-0.2, 0) is 0 Å². The quantitative estimate of drug-likeness (QED) is 0.905. The van der Waals surface area contributed by atoms with Crippen LogP contribution in [0.25, 0.3) is 5.69 Å². The molecule has 0 amide bonds. The number of aromatic nitrogens is 2. The van der Waals surface area contributed by atoms with Crippen LogP contribution >= 0.6 is 0 Å². The fourth-order valence-electron chi connectivity index (χ4n) is 1.65. The van der Waals surface area contributed by atoms with Crippen LogP contribution in [0.2, 0.25) is 0 Å². The summed E-state index contributed by atoms with van der Waals surface area (Å²) in [5.41, 5.74) is 1.07. The maximum atomic E-state index is 13.0. The van der Waals surface area contributed by atoms with E-state index in [0.29, 0.717) is 11.3 Å². The number of ether oxygens (including phenoxy) is 1. The van der Waals surface area contributed by atoms with Gasteiger partial charge in [-0.2, -0.15) is 5.10 Å². The second-order valence-corrected chi connectivity index (χ2v) is 3.73. The van der Waals surface area contributed by atoms with Gasteiger partial charge >= 0.3 is 5.97 Å². The third kappa shape index (κ3) is 2.04. The zero-order valence-electron chi connectivity index (χ0n) is 9.85.